The number of amides is 2. The van der Waals surface area contributed by atoms with Crippen molar-refractivity contribution in [1.29, 1.82) is 0 Å². The number of hydrogen-bond acceptors (Lipinski definition) is 6. The first-order valence-corrected chi connectivity index (χ1v) is 11.7. The van der Waals surface area contributed by atoms with Crippen molar-refractivity contribution >= 4 is 11.8 Å². The highest BCUT2D eigenvalue weighted by molar-refractivity contribution is 6.00. The fourth-order valence-electron chi connectivity index (χ4n) is 4.18. The van der Waals surface area contributed by atoms with Crippen LogP contribution in [0.1, 0.15) is 34.5 Å². The van der Waals surface area contributed by atoms with Gasteiger partial charge >= 0.3 is 0 Å². The number of nitrogens with two attached hydrogens (primary N) is 1. The SMILES string of the molecule is CC(N)NCCNC(=O)C1c2ccc(Oc3ccccc3)cc2CCN1C(=O)c1ccccc1O. The van der Waals surface area contributed by atoms with Gasteiger partial charge in [0.2, 0.25) is 5.91 Å². The monoisotopic (exact) mass is 474 g/mol. The van der Waals surface area contributed by atoms with Crippen LogP contribution in [-0.2, 0) is 11.2 Å². The Balaban J connectivity index is 1.61. The first-order valence-electron chi connectivity index (χ1n) is 11.7. The van der Waals surface area contributed by atoms with Crippen LogP contribution < -0.4 is 21.1 Å². The van der Waals surface area contributed by atoms with Crippen molar-refractivity contribution in [3.8, 4) is 17.2 Å². The third kappa shape index (κ3) is 5.79. The van der Waals surface area contributed by atoms with Crippen molar-refractivity contribution in [1.82, 2.24) is 15.5 Å². The summed E-state index contributed by atoms with van der Waals surface area (Å²) in [4.78, 5) is 28.3. The van der Waals surface area contributed by atoms with Crippen molar-refractivity contribution in [2.45, 2.75) is 25.6 Å². The molecule has 0 saturated carbocycles. The van der Waals surface area contributed by atoms with Gasteiger partial charge in [0, 0.05) is 19.6 Å². The summed E-state index contributed by atoms with van der Waals surface area (Å²) < 4.78 is 5.97. The molecule has 8 heteroatoms. The zero-order valence-corrected chi connectivity index (χ0v) is 19.6. The molecular formula is C27H30N4O4. The van der Waals surface area contributed by atoms with Gasteiger partial charge in [-0.05, 0) is 60.9 Å². The van der Waals surface area contributed by atoms with E-state index in [0.717, 1.165) is 16.9 Å². The summed E-state index contributed by atoms with van der Waals surface area (Å²) >= 11 is 0. The lowest BCUT2D eigenvalue weighted by Gasteiger charge is -2.36. The Morgan fingerprint density at radius 1 is 1.06 bits per heavy atom. The zero-order chi connectivity index (χ0) is 24.8. The number of fused-ring (bicyclic) bond motifs is 1. The van der Waals surface area contributed by atoms with E-state index in [1.807, 2.05) is 49.4 Å². The van der Waals surface area contributed by atoms with Crippen LogP contribution in [0.2, 0.25) is 0 Å². The molecule has 0 fully saturated rings. The van der Waals surface area contributed by atoms with Gasteiger partial charge in [0.05, 0.1) is 11.7 Å². The number of rotatable bonds is 8. The molecule has 3 aromatic rings. The highest BCUT2D eigenvalue weighted by atomic mass is 16.5. The molecule has 1 aliphatic heterocycles. The largest absolute Gasteiger partial charge is 0.507 e. The maximum absolute atomic E-state index is 13.4. The van der Waals surface area contributed by atoms with Crippen molar-refractivity contribution in [2.24, 2.45) is 5.73 Å². The minimum absolute atomic E-state index is 0.116. The zero-order valence-electron chi connectivity index (χ0n) is 19.6. The number of carbonyl (C=O) groups excluding carboxylic acids is 2. The topological polar surface area (TPSA) is 117 Å². The molecule has 2 atom stereocenters. The molecule has 182 valence electrons. The molecule has 2 unspecified atom stereocenters. The lowest BCUT2D eigenvalue weighted by Crippen LogP contribution is -2.48. The van der Waals surface area contributed by atoms with E-state index in [-0.39, 0.29) is 23.4 Å². The Morgan fingerprint density at radius 2 is 1.80 bits per heavy atom. The van der Waals surface area contributed by atoms with Gasteiger partial charge < -0.3 is 31.1 Å². The van der Waals surface area contributed by atoms with E-state index in [9.17, 15) is 14.7 Å². The van der Waals surface area contributed by atoms with E-state index in [2.05, 4.69) is 10.6 Å². The van der Waals surface area contributed by atoms with Crippen LogP contribution >= 0.6 is 0 Å². The average molecular weight is 475 g/mol. The van der Waals surface area contributed by atoms with Gasteiger partial charge in [-0.1, -0.05) is 36.4 Å². The van der Waals surface area contributed by atoms with Gasteiger partial charge in [-0.2, -0.15) is 0 Å². The summed E-state index contributed by atoms with van der Waals surface area (Å²) in [5, 5.41) is 16.2. The van der Waals surface area contributed by atoms with Crippen LogP contribution in [0.25, 0.3) is 0 Å². The van der Waals surface area contributed by atoms with Crippen LogP contribution in [0.3, 0.4) is 0 Å². The second-order valence-electron chi connectivity index (χ2n) is 8.48. The third-order valence-corrected chi connectivity index (χ3v) is 5.86. The van der Waals surface area contributed by atoms with E-state index in [1.54, 1.807) is 24.3 Å². The Hall–Kier alpha value is -3.88. The molecule has 0 radical (unpaired) electrons. The summed E-state index contributed by atoms with van der Waals surface area (Å²) in [6.07, 6.45) is 0.362. The Morgan fingerprint density at radius 3 is 2.54 bits per heavy atom. The number of carbonyl (C=O) groups is 2. The Bertz CT molecular complexity index is 1180. The van der Waals surface area contributed by atoms with Gasteiger partial charge in [-0.15, -0.1) is 0 Å². The van der Waals surface area contributed by atoms with E-state index < -0.39 is 11.9 Å². The Kier molecular flexibility index (Phi) is 7.64. The molecule has 0 bridgehead atoms. The van der Waals surface area contributed by atoms with Crippen LogP contribution in [0.15, 0.2) is 72.8 Å². The molecule has 3 aromatic carbocycles. The second-order valence-corrected chi connectivity index (χ2v) is 8.48. The van der Waals surface area contributed by atoms with Gasteiger partial charge in [0.15, 0.2) is 0 Å². The molecule has 2 amide bonds. The maximum atomic E-state index is 13.4. The molecule has 35 heavy (non-hydrogen) atoms. The first-order chi connectivity index (χ1) is 16.9. The van der Waals surface area contributed by atoms with Crippen LogP contribution in [-0.4, -0.2) is 47.6 Å². The first kappa shape index (κ1) is 24.3. The minimum Gasteiger partial charge on any atom is -0.507 e. The van der Waals surface area contributed by atoms with E-state index in [4.69, 9.17) is 10.5 Å². The number of ether oxygens (including phenoxy) is 1. The predicted octanol–water partition coefficient (Wildman–Crippen LogP) is 2.93. The summed E-state index contributed by atoms with van der Waals surface area (Å²) in [5.41, 5.74) is 7.55. The normalized spacial score (nSPS) is 15.7. The standard InChI is InChI=1S/C27H30N4O4/c1-18(28)29-14-15-30-26(33)25-22-12-11-21(35-20-7-3-2-4-8-20)17-19(22)13-16-31(25)27(34)23-9-5-6-10-24(23)32/h2-12,17-18,25,29,32H,13-16,28H2,1H3,(H,30,33). The minimum atomic E-state index is -0.841. The fraction of sp³-hybridized carbons (Fsp3) is 0.259. The predicted molar refractivity (Wildman–Crippen MR) is 133 cm³/mol. The van der Waals surface area contributed by atoms with Crippen molar-refractivity contribution in [3.63, 3.8) is 0 Å². The van der Waals surface area contributed by atoms with Gasteiger partial charge in [0.1, 0.15) is 23.3 Å². The highest BCUT2D eigenvalue weighted by Gasteiger charge is 2.37. The van der Waals surface area contributed by atoms with Crippen LogP contribution in [0, 0.1) is 0 Å². The fourth-order valence-corrected chi connectivity index (χ4v) is 4.18. The lowest BCUT2D eigenvalue weighted by atomic mass is 9.91. The van der Waals surface area contributed by atoms with Gasteiger partial charge in [-0.3, -0.25) is 9.59 Å². The number of phenolic OH excluding ortho intramolecular Hbond substituents is 1. The quantitative estimate of drug-likeness (QED) is 0.295. The molecule has 1 heterocycles. The summed E-state index contributed by atoms with van der Waals surface area (Å²) in [6, 6.07) is 20.6. The number of nitrogens with zero attached hydrogens (tertiary/aromatic N) is 1. The molecule has 0 aromatic heterocycles. The van der Waals surface area contributed by atoms with Gasteiger partial charge in [-0.25, -0.2) is 0 Å². The number of aromatic hydroxyl groups is 1. The third-order valence-electron chi connectivity index (χ3n) is 5.86. The lowest BCUT2D eigenvalue weighted by molar-refractivity contribution is -0.126. The number of hydrogen-bond donors (Lipinski definition) is 4. The summed E-state index contributed by atoms with van der Waals surface area (Å²) in [7, 11) is 0. The van der Waals surface area contributed by atoms with Crippen molar-refractivity contribution in [3.05, 3.63) is 89.5 Å². The molecule has 0 aliphatic carbocycles. The molecule has 8 nitrogen and oxygen atoms in total. The molecular weight excluding hydrogens is 444 g/mol. The highest BCUT2D eigenvalue weighted by Crippen LogP contribution is 2.35. The smallest absolute Gasteiger partial charge is 0.258 e. The molecule has 0 saturated heterocycles. The number of nitrogens with one attached hydrogen (secondary N) is 2. The molecule has 4 rings (SSSR count). The summed E-state index contributed by atoms with van der Waals surface area (Å²) in [5.74, 6) is 0.576. The van der Waals surface area contributed by atoms with E-state index >= 15 is 0 Å². The number of phenols is 1. The number of benzene rings is 3. The van der Waals surface area contributed by atoms with Crippen LogP contribution in [0.4, 0.5) is 0 Å². The van der Waals surface area contributed by atoms with Crippen molar-refractivity contribution < 1.29 is 19.4 Å². The van der Waals surface area contributed by atoms with Crippen LogP contribution in [0.5, 0.6) is 17.2 Å². The molecule has 1 aliphatic rings. The average Bonchev–Trinajstić information content (AvgIpc) is 2.86. The molecule has 5 N–H and O–H groups in total. The maximum Gasteiger partial charge on any atom is 0.258 e. The van der Waals surface area contributed by atoms with E-state index in [0.29, 0.717) is 31.8 Å². The summed E-state index contributed by atoms with van der Waals surface area (Å²) in [6.45, 7) is 3.01. The Labute approximate surface area is 204 Å². The molecule has 0 spiro atoms. The van der Waals surface area contributed by atoms with E-state index in [1.165, 1.54) is 11.0 Å². The number of para-hydroxylation sites is 2. The second kappa shape index (κ2) is 11.0. The van der Waals surface area contributed by atoms with Gasteiger partial charge in [0.25, 0.3) is 5.91 Å². The van der Waals surface area contributed by atoms with Crippen molar-refractivity contribution in [2.75, 3.05) is 19.6 Å².